The third-order valence-corrected chi connectivity index (χ3v) is 5.92. The summed E-state index contributed by atoms with van der Waals surface area (Å²) in [4.78, 5) is 0. The molecule has 2 aromatic heterocycles. The van der Waals surface area contributed by atoms with Crippen LogP contribution in [0, 0.1) is 0 Å². The van der Waals surface area contributed by atoms with Crippen LogP contribution in [0.25, 0.3) is 22.0 Å². The van der Waals surface area contributed by atoms with Crippen molar-refractivity contribution in [2.45, 2.75) is 32.2 Å². The first-order valence-corrected chi connectivity index (χ1v) is 12.7. The van der Waals surface area contributed by atoms with Crippen LogP contribution in [0.1, 0.15) is 24.0 Å². The molecule has 39 heavy (non-hydrogen) atoms. The monoisotopic (exact) mass is 544 g/mol. The summed E-state index contributed by atoms with van der Waals surface area (Å²) in [7, 11) is 0. The molecule has 0 aliphatic rings. The van der Waals surface area contributed by atoms with Gasteiger partial charge in [0.05, 0.1) is 30.7 Å². The van der Waals surface area contributed by atoms with Crippen LogP contribution in [0.3, 0.4) is 0 Å². The Morgan fingerprint density at radius 1 is 0.923 bits per heavy atom. The number of hydrogen-bond acceptors (Lipinski definition) is 8. The number of halogens is 3. The highest BCUT2D eigenvalue weighted by molar-refractivity contribution is 5.95. The Kier molecular flexibility index (Phi) is 10.1. The third kappa shape index (κ3) is 8.91. The van der Waals surface area contributed by atoms with Gasteiger partial charge >= 0.3 is 6.36 Å². The highest BCUT2D eigenvalue weighted by Crippen LogP contribution is 2.29. The number of H-pyrrole nitrogens is 1. The smallest absolute Gasteiger partial charge is 0.406 e. The topological polar surface area (TPSA) is 117 Å². The van der Waals surface area contributed by atoms with Gasteiger partial charge in [0.1, 0.15) is 5.75 Å². The molecule has 0 amide bonds. The van der Waals surface area contributed by atoms with Crippen molar-refractivity contribution in [1.82, 2.24) is 25.7 Å². The Bertz CT molecular complexity index is 1320. The maximum atomic E-state index is 12.6. The second-order valence-corrected chi connectivity index (χ2v) is 8.92. The van der Waals surface area contributed by atoms with Crippen LogP contribution in [0.15, 0.2) is 55.0 Å². The molecule has 0 aliphatic heterocycles. The van der Waals surface area contributed by atoms with Crippen LogP contribution < -0.4 is 15.4 Å². The number of ether oxygens (including phenoxy) is 2. The molecule has 4 N–H and O–H groups in total. The molecular formula is C27H31F3N6O3. The lowest BCUT2D eigenvalue weighted by Gasteiger charge is -2.13. The number of aromatic nitrogens is 4. The standard InChI is InChI=1S/C27H31F3N6O3/c28-27(29,30)39-23-12-19(4-8-37)11-20(13-23)16-31-5-1-2-9-38-10-7-32-25-14-22(21-3-6-33-34-17-21)15-26-24(25)18-35-36-26/h3,6,11-15,17-18,31-32,37H,1-2,4-5,7-10,16H2,(H,35,36). The molecule has 0 saturated carbocycles. The minimum Gasteiger partial charge on any atom is -0.406 e. The highest BCUT2D eigenvalue weighted by Gasteiger charge is 2.31. The molecule has 4 aromatic rings. The van der Waals surface area contributed by atoms with Crippen molar-refractivity contribution in [2.24, 2.45) is 0 Å². The van der Waals surface area contributed by atoms with Gasteiger partial charge in [0.25, 0.3) is 0 Å². The molecule has 0 bridgehead atoms. The average Bonchev–Trinajstić information content (AvgIpc) is 3.38. The molecule has 4 rings (SSSR count). The summed E-state index contributed by atoms with van der Waals surface area (Å²) in [6, 6.07) is 10.4. The fraction of sp³-hybridized carbons (Fsp3) is 0.370. The molecule has 0 fully saturated rings. The van der Waals surface area contributed by atoms with Crippen molar-refractivity contribution in [2.75, 3.05) is 38.2 Å². The van der Waals surface area contributed by atoms with E-state index in [1.807, 2.05) is 12.1 Å². The number of rotatable bonds is 15. The zero-order chi connectivity index (χ0) is 27.5. The lowest BCUT2D eigenvalue weighted by atomic mass is 10.1. The normalized spacial score (nSPS) is 11.7. The molecule has 2 heterocycles. The Morgan fingerprint density at radius 2 is 1.79 bits per heavy atom. The summed E-state index contributed by atoms with van der Waals surface area (Å²) in [6.07, 6.45) is 2.35. The van der Waals surface area contributed by atoms with E-state index in [1.165, 1.54) is 12.1 Å². The van der Waals surface area contributed by atoms with Crippen molar-refractivity contribution in [1.29, 1.82) is 0 Å². The van der Waals surface area contributed by atoms with E-state index in [1.54, 1.807) is 24.7 Å². The van der Waals surface area contributed by atoms with Gasteiger partial charge in [0, 0.05) is 42.9 Å². The van der Waals surface area contributed by atoms with E-state index >= 15 is 0 Å². The molecule has 9 nitrogen and oxygen atoms in total. The van der Waals surface area contributed by atoms with Gasteiger partial charge in [-0.2, -0.15) is 15.3 Å². The van der Waals surface area contributed by atoms with Gasteiger partial charge in [-0.15, -0.1) is 13.2 Å². The number of aliphatic hydroxyl groups is 1. The predicted octanol–water partition coefficient (Wildman–Crippen LogP) is 4.45. The second kappa shape index (κ2) is 13.9. The van der Waals surface area contributed by atoms with E-state index in [0.717, 1.165) is 40.6 Å². The number of unbranched alkanes of at least 4 members (excludes halogenated alkanes) is 1. The summed E-state index contributed by atoms with van der Waals surface area (Å²) in [5.41, 5.74) is 5.09. The molecule has 0 radical (unpaired) electrons. The van der Waals surface area contributed by atoms with E-state index < -0.39 is 6.36 Å². The fourth-order valence-corrected chi connectivity index (χ4v) is 4.17. The van der Waals surface area contributed by atoms with Gasteiger partial charge in [-0.25, -0.2) is 0 Å². The van der Waals surface area contributed by atoms with Gasteiger partial charge in [-0.05, 0) is 72.8 Å². The third-order valence-electron chi connectivity index (χ3n) is 5.92. The van der Waals surface area contributed by atoms with Crippen molar-refractivity contribution in [3.8, 4) is 16.9 Å². The molecule has 0 saturated heterocycles. The molecule has 0 spiro atoms. The zero-order valence-electron chi connectivity index (χ0n) is 21.3. The van der Waals surface area contributed by atoms with Gasteiger partial charge in [0.2, 0.25) is 0 Å². The minimum atomic E-state index is -4.76. The lowest BCUT2D eigenvalue weighted by Crippen LogP contribution is -2.18. The summed E-state index contributed by atoms with van der Waals surface area (Å²) >= 11 is 0. The first-order valence-electron chi connectivity index (χ1n) is 12.7. The number of benzene rings is 2. The van der Waals surface area contributed by atoms with E-state index in [2.05, 4.69) is 41.8 Å². The number of aromatic amines is 1. The molecule has 0 atom stereocenters. The Balaban J connectivity index is 1.14. The Morgan fingerprint density at radius 3 is 2.59 bits per heavy atom. The number of hydrogen-bond donors (Lipinski definition) is 4. The molecule has 0 aliphatic carbocycles. The lowest BCUT2D eigenvalue weighted by molar-refractivity contribution is -0.274. The van der Waals surface area contributed by atoms with Gasteiger partial charge in [-0.1, -0.05) is 6.07 Å². The molecule has 2 aromatic carbocycles. The van der Waals surface area contributed by atoms with Crippen LogP contribution in [-0.2, 0) is 17.7 Å². The number of alkyl halides is 3. The van der Waals surface area contributed by atoms with E-state index in [4.69, 9.17) is 9.84 Å². The van der Waals surface area contributed by atoms with Crippen molar-refractivity contribution < 1.29 is 27.8 Å². The van der Waals surface area contributed by atoms with Crippen LogP contribution in [0.4, 0.5) is 18.9 Å². The number of aliphatic hydroxyl groups excluding tert-OH is 1. The summed E-state index contributed by atoms with van der Waals surface area (Å²) in [5.74, 6) is -0.276. The largest absolute Gasteiger partial charge is 0.573 e. The van der Waals surface area contributed by atoms with E-state index in [-0.39, 0.29) is 18.8 Å². The van der Waals surface area contributed by atoms with Crippen LogP contribution in [0.2, 0.25) is 0 Å². The fourth-order valence-electron chi connectivity index (χ4n) is 4.17. The van der Waals surface area contributed by atoms with Crippen LogP contribution >= 0.6 is 0 Å². The molecular weight excluding hydrogens is 513 g/mol. The number of anilines is 1. The Hall–Kier alpha value is -3.74. The van der Waals surface area contributed by atoms with Gasteiger partial charge in [-0.3, -0.25) is 5.10 Å². The second-order valence-electron chi connectivity index (χ2n) is 8.92. The maximum Gasteiger partial charge on any atom is 0.573 e. The van der Waals surface area contributed by atoms with Crippen molar-refractivity contribution in [3.05, 3.63) is 66.1 Å². The molecule has 0 unspecified atom stereocenters. The van der Waals surface area contributed by atoms with Crippen LogP contribution in [-0.4, -0.2) is 64.8 Å². The molecule has 12 heteroatoms. The summed E-state index contributed by atoms with van der Waals surface area (Å²) in [5, 5.41) is 31.7. The SMILES string of the molecule is OCCc1cc(CNCCCCOCCNc2cc(-c3ccnnc3)cc3[nH]ncc23)cc(OC(F)(F)F)c1. The summed E-state index contributed by atoms with van der Waals surface area (Å²) in [6.45, 7) is 2.70. The number of nitrogens with one attached hydrogen (secondary N) is 3. The first kappa shape index (κ1) is 28.3. The summed E-state index contributed by atoms with van der Waals surface area (Å²) < 4.78 is 47.6. The first-order chi connectivity index (χ1) is 18.9. The highest BCUT2D eigenvalue weighted by atomic mass is 19.4. The number of nitrogens with zero attached hydrogens (tertiary/aromatic N) is 3. The Labute approximate surface area is 223 Å². The zero-order valence-corrected chi connectivity index (χ0v) is 21.3. The molecule has 208 valence electrons. The quantitative estimate of drug-likeness (QED) is 0.162. The predicted molar refractivity (Wildman–Crippen MR) is 141 cm³/mol. The minimum absolute atomic E-state index is 0.152. The van der Waals surface area contributed by atoms with E-state index in [0.29, 0.717) is 44.0 Å². The van der Waals surface area contributed by atoms with Crippen molar-refractivity contribution in [3.63, 3.8) is 0 Å². The van der Waals surface area contributed by atoms with Gasteiger partial charge < -0.3 is 25.2 Å². The average molecular weight is 545 g/mol. The van der Waals surface area contributed by atoms with Crippen LogP contribution in [0.5, 0.6) is 5.75 Å². The van der Waals surface area contributed by atoms with Crippen molar-refractivity contribution >= 4 is 16.6 Å². The maximum absolute atomic E-state index is 12.6. The number of fused-ring (bicyclic) bond motifs is 1. The van der Waals surface area contributed by atoms with Gasteiger partial charge in [0.15, 0.2) is 0 Å². The van der Waals surface area contributed by atoms with E-state index in [9.17, 15) is 13.2 Å².